The zero-order valence-corrected chi connectivity index (χ0v) is 14.6. The molecule has 0 bridgehead atoms. The normalized spacial score (nSPS) is 15.9. The highest BCUT2D eigenvalue weighted by Crippen LogP contribution is 2.30. The fourth-order valence-corrected chi connectivity index (χ4v) is 3.81. The summed E-state index contributed by atoms with van der Waals surface area (Å²) in [6.45, 7) is 10.4. The molecule has 5 nitrogen and oxygen atoms in total. The van der Waals surface area contributed by atoms with Crippen LogP contribution in [-0.2, 0) is 13.0 Å². The van der Waals surface area contributed by atoms with Gasteiger partial charge in [0.1, 0.15) is 0 Å². The third-order valence-electron chi connectivity index (χ3n) is 5.04. The van der Waals surface area contributed by atoms with Crippen LogP contribution >= 0.6 is 0 Å². The molecule has 0 saturated carbocycles. The monoisotopic (exact) mass is 329 g/mol. The van der Waals surface area contributed by atoms with Crippen molar-refractivity contribution in [1.29, 1.82) is 0 Å². The van der Waals surface area contributed by atoms with Crippen molar-refractivity contribution in [3.8, 4) is 0 Å². The number of carboxylic acids is 1. The first-order chi connectivity index (χ1) is 11.6. The second-order valence-electron chi connectivity index (χ2n) is 6.56. The number of nitrogens with one attached hydrogen (secondary N) is 1. The maximum Gasteiger partial charge on any atom is 0.336 e. The van der Waals surface area contributed by atoms with Crippen molar-refractivity contribution in [1.82, 2.24) is 14.8 Å². The number of hydrogen-bond donors (Lipinski definition) is 2. The van der Waals surface area contributed by atoms with Crippen molar-refractivity contribution < 1.29 is 9.90 Å². The molecule has 2 N–H and O–H groups in total. The van der Waals surface area contributed by atoms with E-state index in [1.54, 1.807) is 6.07 Å². The van der Waals surface area contributed by atoms with Gasteiger partial charge in [-0.2, -0.15) is 0 Å². The molecule has 5 heteroatoms. The number of carboxylic acid groups (broad SMARTS) is 1. The summed E-state index contributed by atoms with van der Waals surface area (Å²) < 4.78 is 2.29. The highest BCUT2D eigenvalue weighted by Gasteiger charge is 2.20. The summed E-state index contributed by atoms with van der Waals surface area (Å²) in [6.07, 6.45) is 1.95. The Morgan fingerprint density at radius 3 is 2.67 bits per heavy atom. The Bertz CT molecular complexity index is 730. The van der Waals surface area contributed by atoms with Crippen molar-refractivity contribution >= 4 is 16.9 Å². The van der Waals surface area contributed by atoms with E-state index in [4.69, 9.17) is 0 Å². The molecule has 1 aliphatic heterocycles. The Labute approximate surface area is 143 Å². The molecule has 1 fully saturated rings. The summed E-state index contributed by atoms with van der Waals surface area (Å²) in [6, 6.07) is 5.64. The van der Waals surface area contributed by atoms with E-state index in [1.165, 1.54) is 11.3 Å². The molecule has 1 saturated heterocycles. The topological polar surface area (TPSA) is 57.5 Å². The largest absolute Gasteiger partial charge is 0.478 e. The summed E-state index contributed by atoms with van der Waals surface area (Å²) in [5, 5.41) is 13.9. The highest BCUT2D eigenvalue weighted by atomic mass is 16.4. The van der Waals surface area contributed by atoms with E-state index >= 15 is 0 Å². The van der Waals surface area contributed by atoms with E-state index in [0.717, 1.165) is 63.0 Å². The Balaban J connectivity index is 2.00. The predicted molar refractivity (Wildman–Crippen MR) is 96.9 cm³/mol. The molecule has 24 heavy (non-hydrogen) atoms. The van der Waals surface area contributed by atoms with Crippen molar-refractivity contribution in [3.05, 3.63) is 35.0 Å². The molecule has 130 valence electrons. The van der Waals surface area contributed by atoms with Crippen LogP contribution in [0.5, 0.6) is 0 Å². The number of benzene rings is 1. The zero-order chi connectivity index (χ0) is 17.1. The molecule has 2 aromatic rings. The lowest BCUT2D eigenvalue weighted by molar-refractivity contribution is 0.0699. The molecule has 1 aliphatic rings. The standard InChI is InChI=1S/C19H27N3O2/c1-3-10-22-14(2)15(7-11-21-12-8-20-9-13-21)18-16(19(23)24)5-4-6-17(18)22/h4-6,20H,3,7-13H2,1-2H3,(H,23,24). The molecule has 1 aromatic heterocycles. The third kappa shape index (κ3) is 3.19. The first-order valence-electron chi connectivity index (χ1n) is 8.90. The van der Waals surface area contributed by atoms with E-state index in [1.807, 2.05) is 6.07 Å². The summed E-state index contributed by atoms with van der Waals surface area (Å²) in [7, 11) is 0. The average Bonchev–Trinajstić information content (AvgIpc) is 2.86. The van der Waals surface area contributed by atoms with Gasteiger partial charge in [0.25, 0.3) is 0 Å². The molecule has 0 amide bonds. The number of fused-ring (bicyclic) bond motifs is 1. The molecule has 0 radical (unpaired) electrons. The number of piperazine rings is 1. The number of carbonyl (C=O) groups is 1. The Morgan fingerprint density at radius 1 is 1.25 bits per heavy atom. The minimum absolute atomic E-state index is 0.431. The molecule has 0 spiro atoms. The van der Waals surface area contributed by atoms with Gasteiger partial charge in [-0.05, 0) is 37.5 Å². The van der Waals surface area contributed by atoms with Crippen LogP contribution in [0.15, 0.2) is 18.2 Å². The highest BCUT2D eigenvalue weighted by molar-refractivity contribution is 6.05. The molecule has 1 aromatic carbocycles. The first kappa shape index (κ1) is 17.0. The van der Waals surface area contributed by atoms with Crippen LogP contribution in [0.1, 0.15) is 35.0 Å². The van der Waals surface area contributed by atoms with Crippen LogP contribution in [0.2, 0.25) is 0 Å². The summed E-state index contributed by atoms with van der Waals surface area (Å²) >= 11 is 0. The molecular weight excluding hydrogens is 302 g/mol. The second kappa shape index (κ2) is 7.36. The van der Waals surface area contributed by atoms with E-state index in [2.05, 4.69) is 34.7 Å². The minimum atomic E-state index is -0.835. The fraction of sp³-hybridized carbons (Fsp3) is 0.526. The zero-order valence-electron chi connectivity index (χ0n) is 14.6. The lowest BCUT2D eigenvalue weighted by Crippen LogP contribution is -2.44. The number of hydrogen-bond acceptors (Lipinski definition) is 3. The van der Waals surface area contributed by atoms with Crippen molar-refractivity contribution in [2.45, 2.75) is 33.2 Å². The summed E-state index contributed by atoms with van der Waals surface area (Å²) in [5.41, 5.74) is 3.91. The quantitative estimate of drug-likeness (QED) is 0.855. The SMILES string of the molecule is CCCn1c(C)c(CCN2CCNCC2)c2c(C(=O)O)cccc21. The van der Waals surface area contributed by atoms with Crippen LogP contribution in [0.3, 0.4) is 0 Å². The maximum absolute atomic E-state index is 11.7. The van der Waals surface area contributed by atoms with Gasteiger partial charge in [-0.15, -0.1) is 0 Å². The van der Waals surface area contributed by atoms with Crippen LogP contribution in [-0.4, -0.2) is 53.3 Å². The second-order valence-corrected chi connectivity index (χ2v) is 6.56. The molecule has 0 atom stereocenters. The van der Waals surface area contributed by atoms with E-state index in [0.29, 0.717) is 5.56 Å². The lowest BCUT2D eigenvalue weighted by Gasteiger charge is -2.27. The first-order valence-corrected chi connectivity index (χ1v) is 8.90. The van der Waals surface area contributed by atoms with Gasteiger partial charge in [0.15, 0.2) is 0 Å². The maximum atomic E-state index is 11.7. The van der Waals surface area contributed by atoms with Crippen molar-refractivity contribution in [2.75, 3.05) is 32.7 Å². The van der Waals surface area contributed by atoms with Crippen LogP contribution in [0.4, 0.5) is 0 Å². The van der Waals surface area contributed by atoms with Gasteiger partial charge in [-0.3, -0.25) is 0 Å². The van der Waals surface area contributed by atoms with Gasteiger partial charge < -0.3 is 19.9 Å². The van der Waals surface area contributed by atoms with Gasteiger partial charge in [0, 0.05) is 55.9 Å². The van der Waals surface area contributed by atoms with Crippen LogP contribution in [0.25, 0.3) is 10.9 Å². The van der Waals surface area contributed by atoms with Gasteiger partial charge in [-0.1, -0.05) is 13.0 Å². The number of nitrogens with zero attached hydrogens (tertiary/aromatic N) is 2. The fourth-order valence-electron chi connectivity index (χ4n) is 3.81. The number of aryl methyl sites for hydroxylation is 1. The Morgan fingerprint density at radius 2 is 2.00 bits per heavy atom. The average molecular weight is 329 g/mol. The van der Waals surface area contributed by atoms with Gasteiger partial charge in [0.2, 0.25) is 0 Å². The number of rotatable bonds is 6. The minimum Gasteiger partial charge on any atom is -0.478 e. The molecule has 3 rings (SSSR count). The van der Waals surface area contributed by atoms with Crippen molar-refractivity contribution in [3.63, 3.8) is 0 Å². The van der Waals surface area contributed by atoms with Gasteiger partial charge in [-0.25, -0.2) is 4.79 Å². The summed E-state index contributed by atoms with van der Waals surface area (Å²) in [5.74, 6) is -0.835. The molecule has 0 unspecified atom stereocenters. The number of aromatic nitrogens is 1. The van der Waals surface area contributed by atoms with Crippen LogP contribution in [0, 0.1) is 6.92 Å². The van der Waals surface area contributed by atoms with Crippen molar-refractivity contribution in [2.24, 2.45) is 0 Å². The predicted octanol–water partition coefficient (Wildman–Crippen LogP) is 2.51. The Hall–Kier alpha value is -1.85. The van der Waals surface area contributed by atoms with E-state index in [-0.39, 0.29) is 0 Å². The van der Waals surface area contributed by atoms with Gasteiger partial charge in [0.05, 0.1) is 5.56 Å². The lowest BCUT2D eigenvalue weighted by atomic mass is 10.0. The van der Waals surface area contributed by atoms with Gasteiger partial charge >= 0.3 is 5.97 Å². The smallest absolute Gasteiger partial charge is 0.336 e. The third-order valence-corrected chi connectivity index (χ3v) is 5.04. The Kier molecular flexibility index (Phi) is 5.21. The summed E-state index contributed by atoms with van der Waals surface area (Å²) in [4.78, 5) is 14.2. The molecule has 2 heterocycles. The number of aromatic carboxylic acids is 1. The van der Waals surface area contributed by atoms with E-state index < -0.39 is 5.97 Å². The van der Waals surface area contributed by atoms with Crippen LogP contribution < -0.4 is 5.32 Å². The molecule has 0 aliphatic carbocycles. The van der Waals surface area contributed by atoms with E-state index in [9.17, 15) is 9.90 Å². The molecular formula is C19H27N3O2.